The van der Waals surface area contributed by atoms with Gasteiger partial charge in [0.25, 0.3) is 0 Å². The van der Waals surface area contributed by atoms with Gasteiger partial charge in [-0.1, -0.05) is 11.6 Å². The highest BCUT2D eigenvalue weighted by Crippen LogP contribution is 2.36. The van der Waals surface area contributed by atoms with E-state index in [0.29, 0.717) is 6.61 Å². The van der Waals surface area contributed by atoms with Crippen LogP contribution < -0.4 is 10.5 Å². The largest absolute Gasteiger partial charge is 0.494 e. The number of nitrogens with zero attached hydrogens (tertiary/aromatic N) is 2. The molecule has 6 nitrogen and oxygen atoms in total. The second-order valence-electron chi connectivity index (χ2n) is 5.97. The van der Waals surface area contributed by atoms with Crippen molar-refractivity contribution in [2.75, 3.05) is 25.6 Å². The predicted molar refractivity (Wildman–Crippen MR) is 99.1 cm³/mol. The molecule has 1 aromatic carbocycles. The van der Waals surface area contributed by atoms with Gasteiger partial charge in [-0.3, -0.25) is 0 Å². The summed E-state index contributed by atoms with van der Waals surface area (Å²) in [4.78, 5) is 7.56. The van der Waals surface area contributed by atoms with Crippen molar-refractivity contribution in [2.24, 2.45) is 0 Å². The Morgan fingerprint density at radius 3 is 2.64 bits per heavy atom. The van der Waals surface area contributed by atoms with Crippen molar-refractivity contribution in [1.29, 1.82) is 0 Å². The summed E-state index contributed by atoms with van der Waals surface area (Å²) in [6, 6.07) is 3.29. The highest BCUT2D eigenvalue weighted by atomic mass is 35.5. The first kappa shape index (κ1) is 22.2. The fraction of sp³-hybridized carbons (Fsp3) is 0.444. The topological polar surface area (TPSA) is 90.5 Å². The molecule has 0 radical (unpaired) electrons. The van der Waals surface area contributed by atoms with E-state index in [1.165, 1.54) is 12.3 Å². The molecule has 1 aromatic heterocycles. The second-order valence-corrected chi connectivity index (χ2v) is 6.38. The first-order valence-corrected chi connectivity index (χ1v) is 8.97. The normalized spacial score (nSPS) is 16.9. The maximum Gasteiger partial charge on any atom is 0.416 e. The van der Waals surface area contributed by atoms with Crippen molar-refractivity contribution in [3.63, 3.8) is 0 Å². The van der Waals surface area contributed by atoms with Crippen LogP contribution in [0.5, 0.6) is 5.75 Å². The van der Waals surface area contributed by atoms with Crippen molar-refractivity contribution in [3.8, 4) is 17.0 Å². The fourth-order valence-corrected chi connectivity index (χ4v) is 2.66. The van der Waals surface area contributed by atoms with Crippen molar-refractivity contribution < 1.29 is 27.8 Å². The van der Waals surface area contributed by atoms with E-state index < -0.39 is 11.7 Å². The number of rotatable bonds is 3. The molecule has 0 bridgehead atoms. The molecule has 0 aliphatic carbocycles. The Morgan fingerprint density at radius 1 is 1.36 bits per heavy atom. The lowest BCUT2D eigenvalue weighted by atomic mass is 10.1. The number of alkyl halides is 3. The minimum atomic E-state index is -4.51. The number of aliphatic hydroxyl groups is 1. The molecule has 1 fully saturated rings. The molecule has 1 aliphatic rings. The summed E-state index contributed by atoms with van der Waals surface area (Å²) in [6.07, 6.45) is -1.53. The van der Waals surface area contributed by atoms with Crippen LogP contribution in [-0.4, -0.2) is 41.0 Å². The number of aromatic nitrogens is 2. The van der Waals surface area contributed by atoms with Gasteiger partial charge in [0.1, 0.15) is 5.75 Å². The summed E-state index contributed by atoms with van der Waals surface area (Å²) < 4.78 is 48.9. The van der Waals surface area contributed by atoms with Crippen LogP contribution >= 0.6 is 11.6 Å². The van der Waals surface area contributed by atoms with Gasteiger partial charge in [-0.2, -0.15) is 13.2 Å². The summed E-state index contributed by atoms with van der Waals surface area (Å²) in [7, 11) is 0. The molecule has 3 rings (SSSR count). The molecule has 1 aliphatic heterocycles. The number of nitrogens with two attached hydrogens (primary N) is 1. The van der Waals surface area contributed by atoms with Crippen LogP contribution in [0, 0.1) is 0 Å². The lowest BCUT2D eigenvalue weighted by Gasteiger charge is -2.15. The van der Waals surface area contributed by atoms with Gasteiger partial charge >= 0.3 is 6.18 Å². The quantitative estimate of drug-likeness (QED) is 0.782. The van der Waals surface area contributed by atoms with Crippen LogP contribution in [0.1, 0.15) is 25.3 Å². The van der Waals surface area contributed by atoms with E-state index in [1.807, 2.05) is 0 Å². The minimum Gasteiger partial charge on any atom is -0.494 e. The number of benzene rings is 1. The Hall–Kier alpha value is -2.10. The van der Waals surface area contributed by atoms with Crippen LogP contribution in [-0.2, 0) is 10.9 Å². The number of nitrogen functional groups attached to an aromatic ring is 1. The Balaban J connectivity index is 0.000000336. The number of halogens is 4. The van der Waals surface area contributed by atoms with E-state index in [2.05, 4.69) is 9.97 Å². The van der Waals surface area contributed by atoms with E-state index in [1.54, 1.807) is 6.92 Å². The number of anilines is 1. The molecule has 2 aromatic rings. The van der Waals surface area contributed by atoms with Gasteiger partial charge in [0.05, 0.1) is 41.8 Å². The third-order valence-electron chi connectivity index (χ3n) is 3.72. The highest BCUT2D eigenvalue weighted by Gasteiger charge is 2.32. The Bertz CT molecular complexity index is 784. The molecule has 10 heteroatoms. The van der Waals surface area contributed by atoms with E-state index in [0.717, 1.165) is 31.6 Å². The predicted octanol–water partition coefficient (Wildman–Crippen LogP) is 3.95. The standard InChI is InChI=1S/C13H11ClF3N3O.C5H10O2/c1-2-21-9-4-7(3-8(5-9)13(15,16)17)11-10(14)6-19-12(18)20-11;6-5-2-1-3-7-4-5/h3-6H,2H2,1H3,(H2,18,19,20);5-6H,1-4H2. The second kappa shape index (κ2) is 9.90. The zero-order valence-electron chi connectivity index (χ0n) is 15.2. The third-order valence-corrected chi connectivity index (χ3v) is 3.99. The van der Waals surface area contributed by atoms with E-state index >= 15 is 0 Å². The SMILES string of the molecule is CCOc1cc(-c2nc(N)ncc2Cl)cc(C(F)(F)F)c1.OC1CCCOC1. The molecule has 0 amide bonds. The number of hydrogen-bond donors (Lipinski definition) is 2. The monoisotopic (exact) mass is 419 g/mol. The summed E-state index contributed by atoms with van der Waals surface area (Å²) >= 11 is 5.92. The van der Waals surface area contributed by atoms with Crippen LogP contribution in [0.4, 0.5) is 19.1 Å². The maximum absolute atomic E-state index is 12.9. The van der Waals surface area contributed by atoms with Crippen molar-refractivity contribution in [3.05, 3.63) is 35.0 Å². The summed E-state index contributed by atoms with van der Waals surface area (Å²) in [5.74, 6) is 0.000321. The molecule has 1 saturated heterocycles. The van der Waals surface area contributed by atoms with Crippen molar-refractivity contribution >= 4 is 17.5 Å². The van der Waals surface area contributed by atoms with Gasteiger partial charge in [-0.15, -0.1) is 0 Å². The summed E-state index contributed by atoms with van der Waals surface area (Å²) in [6.45, 7) is 3.28. The third kappa shape index (κ3) is 6.50. The first-order valence-electron chi connectivity index (χ1n) is 8.60. The summed E-state index contributed by atoms with van der Waals surface area (Å²) in [5.41, 5.74) is 4.88. The smallest absolute Gasteiger partial charge is 0.416 e. The summed E-state index contributed by atoms with van der Waals surface area (Å²) in [5, 5.41) is 8.89. The van der Waals surface area contributed by atoms with Crippen LogP contribution in [0.3, 0.4) is 0 Å². The zero-order chi connectivity index (χ0) is 20.7. The van der Waals surface area contributed by atoms with E-state index in [-0.39, 0.29) is 40.7 Å². The zero-order valence-corrected chi connectivity index (χ0v) is 15.9. The van der Waals surface area contributed by atoms with Crippen molar-refractivity contribution in [2.45, 2.75) is 32.0 Å². The number of ether oxygens (including phenoxy) is 2. The van der Waals surface area contributed by atoms with Gasteiger partial charge in [0.15, 0.2) is 0 Å². The minimum absolute atomic E-state index is 0.0789. The van der Waals surface area contributed by atoms with Crippen LogP contribution in [0.25, 0.3) is 11.3 Å². The van der Waals surface area contributed by atoms with Crippen molar-refractivity contribution in [1.82, 2.24) is 9.97 Å². The van der Waals surface area contributed by atoms with E-state index in [4.69, 9.17) is 31.9 Å². The molecule has 2 heterocycles. The molecule has 0 saturated carbocycles. The maximum atomic E-state index is 12.9. The first-order chi connectivity index (χ1) is 13.2. The highest BCUT2D eigenvalue weighted by molar-refractivity contribution is 6.32. The average Bonchev–Trinajstić information content (AvgIpc) is 2.64. The lowest BCUT2D eigenvalue weighted by Crippen LogP contribution is -2.21. The molecule has 1 atom stereocenters. The molecule has 154 valence electrons. The number of hydrogen-bond acceptors (Lipinski definition) is 6. The molecule has 1 unspecified atom stereocenters. The van der Waals surface area contributed by atoms with Gasteiger partial charge in [-0.05, 0) is 38.0 Å². The van der Waals surface area contributed by atoms with Crippen LogP contribution in [0.2, 0.25) is 5.02 Å². The van der Waals surface area contributed by atoms with Gasteiger partial charge < -0.3 is 20.3 Å². The van der Waals surface area contributed by atoms with Gasteiger partial charge in [0.2, 0.25) is 5.95 Å². The average molecular weight is 420 g/mol. The fourth-order valence-electron chi connectivity index (χ4n) is 2.46. The van der Waals surface area contributed by atoms with Crippen LogP contribution in [0.15, 0.2) is 24.4 Å². The molecule has 0 spiro atoms. The molecule has 3 N–H and O–H groups in total. The molecular formula is C18H21ClF3N3O3. The van der Waals surface area contributed by atoms with E-state index in [9.17, 15) is 13.2 Å². The molecular weight excluding hydrogens is 399 g/mol. The number of aliphatic hydroxyl groups excluding tert-OH is 1. The Labute approximate surface area is 165 Å². The molecule has 28 heavy (non-hydrogen) atoms. The lowest BCUT2D eigenvalue weighted by molar-refractivity contribution is -0.137. The van der Waals surface area contributed by atoms with Gasteiger partial charge in [-0.25, -0.2) is 9.97 Å². The Kier molecular flexibility index (Phi) is 7.85. The Morgan fingerprint density at radius 2 is 2.11 bits per heavy atom. The van der Waals surface area contributed by atoms with Gasteiger partial charge in [0, 0.05) is 12.2 Å².